The quantitative estimate of drug-likeness (QED) is 0.639. The van der Waals surface area contributed by atoms with Crippen LogP contribution in [-0.2, 0) is 0 Å². The summed E-state index contributed by atoms with van der Waals surface area (Å²) in [7, 11) is 0. The zero-order valence-corrected chi connectivity index (χ0v) is 14.3. The Hall–Kier alpha value is -2.67. The summed E-state index contributed by atoms with van der Waals surface area (Å²) in [5, 5.41) is 20.7. The van der Waals surface area contributed by atoms with Crippen molar-refractivity contribution in [1.82, 2.24) is 20.2 Å². The highest BCUT2D eigenvalue weighted by Crippen LogP contribution is 2.40. The number of nitrogens with zero attached hydrogens (tertiary/aromatic N) is 3. The van der Waals surface area contributed by atoms with Gasteiger partial charge in [-0.25, -0.2) is 9.97 Å². The lowest BCUT2D eigenvalue weighted by molar-refractivity contribution is 0.200. The summed E-state index contributed by atoms with van der Waals surface area (Å²) in [5.41, 5.74) is 2.37. The number of aromatic nitrogens is 4. The first-order chi connectivity index (χ1) is 12.1. The smallest absolute Gasteiger partial charge is 0.130 e. The average molecular weight is 339 g/mol. The predicted octanol–water partition coefficient (Wildman–Crippen LogP) is 2.74. The van der Waals surface area contributed by atoms with Gasteiger partial charge in [0.05, 0.1) is 17.8 Å². The Labute approximate surface area is 145 Å². The van der Waals surface area contributed by atoms with Crippen LogP contribution in [0.5, 0.6) is 5.75 Å². The Bertz CT molecular complexity index is 903. The first kappa shape index (κ1) is 15.8. The Morgan fingerprint density at radius 3 is 2.92 bits per heavy atom. The van der Waals surface area contributed by atoms with Gasteiger partial charge in [-0.3, -0.25) is 5.10 Å². The van der Waals surface area contributed by atoms with E-state index in [0.717, 1.165) is 35.2 Å². The Balaban J connectivity index is 1.68. The monoisotopic (exact) mass is 339 g/mol. The predicted molar refractivity (Wildman–Crippen MR) is 95.6 cm³/mol. The largest absolute Gasteiger partial charge is 0.488 e. The van der Waals surface area contributed by atoms with Crippen LogP contribution >= 0.6 is 0 Å². The summed E-state index contributed by atoms with van der Waals surface area (Å²) in [6.45, 7) is 4.04. The third kappa shape index (κ3) is 3.28. The van der Waals surface area contributed by atoms with Gasteiger partial charge in [-0.15, -0.1) is 0 Å². The molecule has 1 fully saturated rings. The molecule has 0 unspecified atom stereocenters. The number of benzene rings is 1. The number of H-pyrrole nitrogens is 1. The fourth-order valence-electron chi connectivity index (χ4n) is 2.68. The molecule has 0 spiro atoms. The number of aromatic amines is 1. The molecular formula is C18H21N5O2. The van der Waals surface area contributed by atoms with Crippen LogP contribution in [0.1, 0.15) is 26.7 Å². The van der Waals surface area contributed by atoms with E-state index < -0.39 is 0 Å². The summed E-state index contributed by atoms with van der Waals surface area (Å²) in [4.78, 5) is 8.54. The number of nitrogens with one attached hydrogen (secondary N) is 2. The molecule has 1 atom stereocenters. The highest BCUT2D eigenvalue weighted by Gasteiger charge is 2.40. The molecule has 0 saturated heterocycles. The van der Waals surface area contributed by atoms with Gasteiger partial charge in [0, 0.05) is 17.5 Å². The second-order valence-corrected chi connectivity index (χ2v) is 6.85. The van der Waals surface area contributed by atoms with Crippen molar-refractivity contribution in [3.05, 3.63) is 30.6 Å². The van der Waals surface area contributed by atoms with Gasteiger partial charge in [-0.1, -0.05) is 0 Å². The zero-order valence-electron chi connectivity index (χ0n) is 14.3. The van der Waals surface area contributed by atoms with Crippen LogP contribution in [0.4, 0.5) is 5.82 Å². The fraction of sp³-hybridized carbons (Fsp3) is 0.389. The van der Waals surface area contributed by atoms with Crippen LogP contribution in [0, 0.1) is 0 Å². The topological polar surface area (TPSA) is 96.0 Å². The molecule has 1 aliphatic rings. The van der Waals surface area contributed by atoms with Crippen LogP contribution in [-0.4, -0.2) is 43.5 Å². The van der Waals surface area contributed by atoms with Gasteiger partial charge in [0.25, 0.3) is 0 Å². The molecule has 25 heavy (non-hydrogen) atoms. The van der Waals surface area contributed by atoms with E-state index in [0.29, 0.717) is 11.5 Å². The summed E-state index contributed by atoms with van der Waals surface area (Å²) < 4.78 is 6.06. The number of aliphatic hydroxyl groups excluding tert-OH is 1. The molecule has 2 heterocycles. The van der Waals surface area contributed by atoms with Crippen molar-refractivity contribution in [3.63, 3.8) is 0 Å². The highest BCUT2D eigenvalue weighted by molar-refractivity contribution is 5.93. The molecule has 4 rings (SSSR count). The summed E-state index contributed by atoms with van der Waals surface area (Å²) in [6, 6.07) is 7.68. The van der Waals surface area contributed by atoms with Crippen LogP contribution in [0.2, 0.25) is 0 Å². The maximum absolute atomic E-state index is 9.18. The third-order valence-corrected chi connectivity index (χ3v) is 4.43. The lowest BCUT2D eigenvalue weighted by Crippen LogP contribution is -2.20. The second-order valence-electron chi connectivity index (χ2n) is 6.85. The van der Waals surface area contributed by atoms with Crippen LogP contribution in [0.15, 0.2) is 30.6 Å². The van der Waals surface area contributed by atoms with Crippen molar-refractivity contribution in [2.75, 3.05) is 11.9 Å². The fourth-order valence-corrected chi connectivity index (χ4v) is 2.68. The van der Waals surface area contributed by atoms with E-state index >= 15 is 0 Å². The second kappa shape index (κ2) is 6.00. The summed E-state index contributed by atoms with van der Waals surface area (Å²) >= 11 is 0. The number of rotatable bonds is 6. The molecule has 0 amide bonds. The van der Waals surface area contributed by atoms with E-state index in [2.05, 4.69) is 32.4 Å². The molecule has 3 aromatic rings. The average Bonchev–Trinajstić information content (AvgIpc) is 3.18. The number of aliphatic hydroxyl groups is 1. The van der Waals surface area contributed by atoms with E-state index in [1.807, 2.05) is 31.2 Å². The van der Waals surface area contributed by atoms with Crippen molar-refractivity contribution >= 4 is 16.7 Å². The van der Waals surface area contributed by atoms with Crippen LogP contribution in [0.25, 0.3) is 22.3 Å². The number of fused-ring (bicyclic) bond motifs is 1. The zero-order chi connectivity index (χ0) is 17.4. The molecule has 130 valence electrons. The standard InChI is InChI=1S/C18H21N5O2/c1-11(9-24)21-16-8-15(19-10-20-16)17-13-7-12(25-18(2)5-6-18)3-4-14(13)22-23-17/h3-4,7-8,10-11,24H,5-6,9H2,1-2H3,(H,22,23)(H,19,20,21)/t11-/m0/s1. The third-order valence-electron chi connectivity index (χ3n) is 4.43. The number of hydrogen-bond donors (Lipinski definition) is 3. The Morgan fingerprint density at radius 2 is 2.16 bits per heavy atom. The maximum Gasteiger partial charge on any atom is 0.130 e. The van der Waals surface area contributed by atoms with E-state index in [-0.39, 0.29) is 18.2 Å². The van der Waals surface area contributed by atoms with Gasteiger partial charge < -0.3 is 15.2 Å². The van der Waals surface area contributed by atoms with Gasteiger partial charge in [-0.2, -0.15) is 5.10 Å². The lowest BCUT2D eigenvalue weighted by Gasteiger charge is -2.13. The first-order valence-electron chi connectivity index (χ1n) is 8.43. The van der Waals surface area contributed by atoms with Gasteiger partial charge in [-0.05, 0) is 44.9 Å². The normalized spacial score (nSPS) is 16.6. The van der Waals surface area contributed by atoms with Gasteiger partial charge >= 0.3 is 0 Å². The summed E-state index contributed by atoms with van der Waals surface area (Å²) in [5.74, 6) is 1.50. The number of ether oxygens (including phenoxy) is 1. The van der Waals surface area contributed by atoms with Crippen molar-refractivity contribution in [2.45, 2.75) is 38.3 Å². The minimum atomic E-state index is -0.0852. The maximum atomic E-state index is 9.18. The van der Waals surface area contributed by atoms with Crippen LogP contribution < -0.4 is 10.1 Å². The Kier molecular flexibility index (Phi) is 3.80. The molecule has 0 radical (unpaired) electrons. The molecular weight excluding hydrogens is 318 g/mol. The van der Waals surface area contributed by atoms with E-state index in [4.69, 9.17) is 4.74 Å². The van der Waals surface area contributed by atoms with Crippen molar-refractivity contribution in [2.24, 2.45) is 0 Å². The van der Waals surface area contributed by atoms with E-state index in [9.17, 15) is 5.11 Å². The number of anilines is 1. The first-order valence-corrected chi connectivity index (χ1v) is 8.43. The molecule has 7 heteroatoms. The minimum absolute atomic E-state index is 0.0238. The van der Waals surface area contributed by atoms with Crippen LogP contribution in [0.3, 0.4) is 0 Å². The molecule has 0 bridgehead atoms. The van der Waals surface area contributed by atoms with Gasteiger partial charge in [0.2, 0.25) is 0 Å². The van der Waals surface area contributed by atoms with Gasteiger partial charge in [0.15, 0.2) is 0 Å². The molecule has 1 aromatic carbocycles. The van der Waals surface area contributed by atoms with Crippen molar-refractivity contribution < 1.29 is 9.84 Å². The van der Waals surface area contributed by atoms with Gasteiger partial charge in [0.1, 0.15) is 29.2 Å². The molecule has 7 nitrogen and oxygen atoms in total. The minimum Gasteiger partial charge on any atom is -0.488 e. The molecule has 0 aliphatic heterocycles. The van der Waals surface area contributed by atoms with E-state index in [1.54, 1.807) is 0 Å². The molecule has 2 aromatic heterocycles. The Morgan fingerprint density at radius 1 is 1.32 bits per heavy atom. The van der Waals surface area contributed by atoms with Crippen molar-refractivity contribution in [3.8, 4) is 17.1 Å². The molecule has 3 N–H and O–H groups in total. The summed E-state index contributed by atoms with van der Waals surface area (Å²) in [6.07, 6.45) is 3.67. The molecule has 1 aliphatic carbocycles. The van der Waals surface area contributed by atoms with Crippen molar-refractivity contribution in [1.29, 1.82) is 0 Å². The van der Waals surface area contributed by atoms with E-state index in [1.165, 1.54) is 6.33 Å². The highest BCUT2D eigenvalue weighted by atomic mass is 16.5. The lowest BCUT2D eigenvalue weighted by atomic mass is 10.1. The molecule has 1 saturated carbocycles. The SMILES string of the molecule is C[C@@H](CO)Nc1cc(-c2n[nH]c3ccc(OC4(C)CC4)cc23)ncn1. The number of hydrogen-bond acceptors (Lipinski definition) is 6.